The van der Waals surface area contributed by atoms with Gasteiger partial charge in [-0.15, -0.1) is 0 Å². The zero-order valence-electron chi connectivity index (χ0n) is 18.7. The van der Waals surface area contributed by atoms with Crippen molar-refractivity contribution in [3.8, 4) is 0 Å². The minimum atomic E-state index is 0.288. The van der Waals surface area contributed by atoms with Crippen molar-refractivity contribution in [2.45, 2.75) is 65.8 Å². The molecule has 2 unspecified atom stereocenters. The predicted octanol–water partition coefficient (Wildman–Crippen LogP) is 3.17. The van der Waals surface area contributed by atoms with Crippen LogP contribution in [-0.2, 0) is 22.6 Å². The van der Waals surface area contributed by atoms with Crippen molar-refractivity contribution >= 4 is 5.96 Å². The van der Waals surface area contributed by atoms with Gasteiger partial charge in [-0.25, -0.2) is 4.99 Å². The number of nitrogens with one attached hydrogen (secondary N) is 2. The fourth-order valence-corrected chi connectivity index (χ4v) is 3.71. The molecule has 0 aliphatic carbocycles. The highest BCUT2D eigenvalue weighted by Crippen LogP contribution is 2.17. The van der Waals surface area contributed by atoms with Crippen LogP contribution in [0.1, 0.15) is 51.7 Å². The number of nitrogens with zero attached hydrogens (tertiary/aromatic N) is 2. The van der Waals surface area contributed by atoms with Crippen LogP contribution in [-0.4, -0.2) is 62.5 Å². The monoisotopic (exact) mass is 404 g/mol. The molecule has 1 aliphatic rings. The van der Waals surface area contributed by atoms with Crippen LogP contribution in [0.5, 0.6) is 0 Å². The third kappa shape index (κ3) is 9.15. The quantitative estimate of drug-likeness (QED) is 0.337. The highest BCUT2D eigenvalue weighted by molar-refractivity contribution is 5.79. The minimum Gasteiger partial charge on any atom is -0.382 e. The summed E-state index contributed by atoms with van der Waals surface area (Å²) in [5, 5.41) is 6.78. The lowest BCUT2D eigenvalue weighted by Crippen LogP contribution is -2.44. The summed E-state index contributed by atoms with van der Waals surface area (Å²) >= 11 is 0. The van der Waals surface area contributed by atoms with Gasteiger partial charge in [-0.3, -0.25) is 4.90 Å². The van der Waals surface area contributed by atoms with Gasteiger partial charge in [0.05, 0.1) is 18.8 Å². The fourth-order valence-electron chi connectivity index (χ4n) is 3.71. The average Bonchev–Trinajstić information content (AvgIpc) is 2.69. The van der Waals surface area contributed by atoms with Crippen LogP contribution < -0.4 is 10.6 Å². The van der Waals surface area contributed by atoms with E-state index in [1.54, 1.807) is 0 Å². The van der Waals surface area contributed by atoms with E-state index < -0.39 is 0 Å². The highest BCUT2D eigenvalue weighted by Gasteiger charge is 2.22. The van der Waals surface area contributed by atoms with E-state index in [4.69, 9.17) is 14.5 Å². The lowest BCUT2D eigenvalue weighted by molar-refractivity contribution is -0.0705. The van der Waals surface area contributed by atoms with Crippen LogP contribution in [0.3, 0.4) is 0 Å². The van der Waals surface area contributed by atoms with Gasteiger partial charge in [0.2, 0.25) is 0 Å². The smallest absolute Gasteiger partial charge is 0.191 e. The molecule has 0 spiro atoms. The number of morpholine rings is 1. The summed E-state index contributed by atoms with van der Waals surface area (Å²) in [6, 6.07) is 8.65. The highest BCUT2D eigenvalue weighted by atomic mass is 16.5. The van der Waals surface area contributed by atoms with Gasteiger partial charge in [0.25, 0.3) is 0 Å². The Morgan fingerprint density at radius 2 is 1.83 bits per heavy atom. The molecule has 29 heavy (non-hydrogen) atoms. The van der Waals surface area contributed by atoms with Crippen molar-refractivity contribution in [3.05, 3.63) is 35.4 Å². The third-order valence-electron chi connectivity index (χ3n) is 4.97. The van der Waals surface area contributed by atoms with E-state index in [0.29, 0.717) is 6.54 Å². The van der Waals surface area contributed by atoms with Gasteiger partial charge in [0, 0.05) is 45.9 Å². The van der Waals surface area contributed by atoms with E-state index in [9.17, 15) is 0 Å². The van der Waals surface area contributed by atoms with E-state index in [2.05, 4.69) is 60.6 Å². The summed E-state index contributed by atoms with van der Waals surface area (Å²) in [5.74, 6) is 0.882. The molecular formula is C23H40N4O2. The Hall–Kier alpha value is -1.63. The third-order valence-corrected chi connectivity index (χ3v) is 4.97. The fraction of sp³-hybridized carbons (Fsp3) is 0.696. The Bertz CT molecular complexity index is 598. The van der Waals surface area contributed by atoms with E-state index >= 15 is 0 Å². The molecule has 2 rings (SSSR count). The number of hydrogen-bond acceptors (Lipinski definition) is 4. The summed E-state index contributed by atoms with van der Waals surface area (Å²) in [5.41, 5.74) is 2.64. The van der Waals surface area contributed by atoms with E-state index in [1.165, 1.54) is 11.1 Å². The van der Waals surface area contributed by atoms with E-state index in [0.717, 1.165) is 64.7 Å². The van der Waals surface area contributed by atoms with Crippen LogP contribution in [0.4, 0.5) is 0 Å². The zero-order valence-corrected chi connectivity index (χ0v) is 18.7. The first-order chi connectivity index (χ1) is 14.1. The Morgan fingerprint density at radius 3 is 2.52 bits per heavy atom. The maximum atomic E-state index is 5.87. The topological polar surface area (TPSA) is 58.1 Å². The number of aliphatic imine (C=N–C) groups is 1. The summed E-state index contributed by atoms with van der Waals surface area (Å²) in [7, 11) is 0. The van der Waals surface area contributed by atoms with Crippen molar-refractivity contribution in [2.24, 2.45) is 4.99 Å². The normalized spacial score (nSPS) is 20.6. The standard InChI is InChI=1S/C23H40N4O2/c1-5-24-23(25-13-9-10-14-28-6-2)26-15-21-11-7-8-12-22(21)18-27-16-19(3)29-20(4)17-27/h7-8,11-12,19-20H,5-6,9-10,13-18H2,1-4H3,(H2,24,25,26). The summed E-state index contributed by atoms with van der Waals surface area (Å²) in [6.07, 6.45) is 2.72. The molecule has 0 aromatic heterocycles. The number of benzene rings is 1. The Labute approximate surface area is 177 Å². The van der Waals surface area contributed by atoms with Gasteiger partial charge < -0.3 is 20.1 Å². The summed E-state index contributed by atoms with van der Waals surface area (Å²) < 4.78 is 11.3. The molecule has 1 aliphatic heterocycles. The predicted molar refractivity (Wildman–Crippen MR) is 120 cm³/mol. The van der Waals surface area contributed by atoms with Crippen molar-refractivity contribution in [1.29, 1.82) is 0 Å². The van der Waals surface area contributed by atoms with Gasteiger partial charge in [-0.1, -0.05) is 24.3 Å². The van der Waals surface area contributed by atoms with Crippen LogP contribution in [0.15, 0.2) is 29.3 Å². The van der Waals surface area contributed by atoms with Crippen molar-refractivity contribution in [1.82, 2.24) is 15.5 Å². The van der Waals surface area contributed by atoms with E-state index in [-0.39, 0.29) is 12.2 Å². The molecule has 2 atom stereocenters. The molecule has 1 aromatic rings. The first-order valence-electron chi connectivity index (χ1n) is 11.2. The largest absolute Gasteiger partial charge is 0.382 e. The van der Waals surface area contributed by atoms with Crippen LogP contribution >= 0.6 is 0 Å². The number of unbranched alkanes of at least 4 members (excludes halogenated alkanes) is 1. The van der Waals surface area contributed by atoms with E-state index in [1.807, 2.05) is 6.92 Å². The molecule has 1 saturated heterocycles. The first-order valence-corrected chi connectivity index (χ1v) is 11.2. The molecule has 164 valence electrons. The second kappa shape index (κ2) is 13.6. The van der Waals surface area contributed by atoms with Crippen LogP contribution in [0, 0.1) is 0 Å². The first kappa shape index (κ1) is 23.6. The lowest BCUT2D eigenvalue weighted by atomic mass is 10.1. The average molecular weight is 405 g/mol. The number of guanidine groups is 1. The second-order valence-electron chi connectivity index (χ2n) is 7.75. The van der Waals surface area contributed by atoms with Crippen molar-refractivity contribution < 1.29 is 9.47 Å². The molecule has 0 bridgehead atoms. The maximum Gasteiger partial charge on any atom is 0.191 e. The number of hydrogen-bond donors (Lipinski definition) is 2. The summed E-state index contributed by atoms with van der Waals surface area (Å²) in [6.45, 7) is 15.4. The van der Waals surface area contributed by atoms with Crippen molar-refractivity contribution in [3.63, 3.8) is 0 Å². The molecule has 1 fully saturated rings. The molecule has 0 radical (unpaired) electrons. The summed E-state index contributed by atoms with van der Waals surface area (Å²) in [4.78, 5) is 7.31. The molecule has 6 nitrogen and oxygen atoms in total. The van der Waals surface area contributed by atoms with Gasteiger partial charge in [-0.2, -0.15) is 0 Å². The van der Waals surface area contributed by atoms with Gasteiger partial charge in [0.1, 0.15) is 0 Å². The SMILES string of the molecule is CCNC(=NCc1ccccc1CN1CC(C)OC(C)C1)NCCCCOCC. The number of rotatable bonds is 11. The van der Waals surface area contributed by atoms with Gasteiger partial charge in [0.15, 0.2) is 5.96 Å². The second-order valence-corrected chi connectivity index (χ2v) is 7.75. The Kier molecular flexibility index (Phi) is 11.1. The Balaban J connectivity index is 1.91. The molecular weight excluding hydrogens is 364 g/mol. The molecule has 1 aromatic carbocycles. The molecule has 0 saturated carbocycles. The lowest BCUT2D eigenvalue weighted by Gasteiger charge is -2.35. The molecule has 1 heterocycles. The zero-order chi connectivity index (χ0) is 20.9. The van der Waals surface area contributed by atoms with Crippen LogP contribution in [0.2, 0.25) is 0 Å². The minimum absolute atomic E-state index is 0.288. The number of ether oxygens (including phenoxy) is 2. The van der Waals surface area contributed by atoms with Gasteiger partial charge >= 0.3 is 0 Å². The Morgan fingerprint density at radius 1 is 1.10 bits per heavy atom. The maximum absolute atomic E-state index is 5.87. The van der Waals surface area contributed by atoms with Gasteiger partial charge in [-0.05, 0) is 51.7 Å². The van der Waals surface area contributed by atoms with Crippen molar-refractivity contribution in [2.75, 3.05) is 39.4 Å². The molecule has 2 N–H and O–H groups in total. The molecule has 6 heteroatoms. The molecule has 0 amide bonds. The van der Waals surface area contributed by atoms with Crippen LogP contribution in [0.25, 0.3) is 0 Å².